The van der Waals surface area contributed by atoms with E-state index in [1.807, 2.05) is 6.33 Å². The topological polar surface area (TPSA) is 27.7 Å². The first-order valence-electron chi connectivity index (χ1n) is 13.6. The van der Waals surface area contributed by atoms with E-state index in [1.165, 1.54) is 60.1 Å². The van der Waals surface area contributed by atoms with Gasteiger partial charge in [0.25, 0.3) is 0 Å². The van der Waals surface area contributed by atoms with Gasteiger partial charge in [-0.15, -0.1) is 0 Å². The largest absolute Gasteiger partial charge is 0.332 e. The predicted octanol–water partition coefficient (Wildman–Crippen LogP) is 8.92. The van der Waals surface area contributed by atoms with Gasteiger partial charge in [0.2, 0.25) is 0 Å². The molecule has 0 spiro atoms. The molecule has 0 atom stereocenters. The van der Waals surface area contributed by atoms with Crippen molar-refractivity contribution in [2.45, 2.75) is 0 Å². The summed E-state index contributed by atoms with van der Waals surface area (Å²) in [6.45, 7) is 0. The highest BCUT2D eigenvalue weighted by Crippen LogP contribution is 2.41. The number of imidazole rings is 1. The van der Waals surface area contributed by atoms with Crippen LogP contribution < -0.4 is 0 Å². The summed E-state index contributed by atoms with van der Waals surface area (Å²) in [5, 5.41) is 7.59. The summed E-state index contributed by atoms with van der Waals surface area (Å²) in [5.74, 6) is 0. The highest BCUT2D eigenvalue weighted by atomic mass is 15.1. The number of fused-ring (bicyclic) bond motifs is 9. The minimum atomic E-state index is 1.00. The first-order chi connectivity index (χ1) is 19.8. The monoisotopic (exact) mass is 512 g/mol. The number of rotatable bonds is 2. The average molecular weight is 513 g/mol. The van der Waals surface area contributed by atoms with Gasteiger partial charge in [0.05, 0.1) is 45.1 Å². The molecular weight excluding hydrogens is 488 g/mol. The van der Waals surface area contributed by atoms with Gasteiger partial charge in [-0.2, -0.15) is 0 Å². The molecule has 0 aliphatic rings. The van der Waals surface area contributed by atoms with Crippen LogP contribution >= 0.6 is 0 Å². The SMILES string of the molecule is Cn1cnc2cccc(-n3c4ccccc4c4c5cc6c7ccccc7n(-c7ccccc7)c6cc5ccc43)c21. The lowest BCUT2D eigenvalue weighted by Crippen LogP contribution is -1.98. The van der Waals surface area contributed by atoms with E-state index in [0.29, 0.717) is 0 Å². The zero-order valence-corrected chi connectivity index (χ0v) is 21.9. The van der Waals surface area contributed by atoms with Gasteiger partial charge < -0.3 is 13.7 Å². The molecule has 0 bridgehead atoms. The van der Waals surface area contributed by atoms with Crippen LogP contribution in [0.25, 0.3) is 76.8 Å². The summed E-state index contributed by atoms with van der Waals surface area (Å²) < 4.78 is 6.92. The Kier molecular flexibility index (Phi) is 4.23. The number of aromatic nitrogens is 4. The van der Waals surface area contributed by atoms with Crippen LogP contribution in [0.2, 0.25) is 0 Å². The van der Waals surface area contributed by atoms with Crippen LogP contribution in [0.4, 0.5) is 0 Å². The summed E-state index contributed by atoms with van der Waals surface area (Å²) >= 11 is 0. The fourth-order valence-electron chi connectivity index (χ4n) is 6.74. The van der Waals surface area contributed by atoms with E-state index in [4.69, 9.17) is 0 Å². The Morgan fingerprint density at radius 2 is 1.27 bits per heavy atom. The molecule has 3 heterocycles. The van der Waals surface area contributed by atoms with E-state index in [9.17, 15) is 0 Å². The Hall–Kier alpha value is -5.35. The molecule has 40 heavy (non-hydrogen) atoms. The van der Waals surface area contributed by atoms with Gasteiger partial charge in [-0.1, -0.05) is 66.7 Å². The van der Waals surface area contributed by atoms with Gasteiger partial charge >= 0.3 is 0 Å². The third kappa shape index (κ3) is 2.77. The van der Waals surface area contributed by atoms with Gasteiger partial charge in [-0.05, 0) is 65.4 Å². The number of aryl methyl sites for hydroxylation is 1. The molecular formula is C36H24N4. The number of hydrogen-bond acceptors (Lipinski definition) is 1. The second kappa shape index (κ2) is 7.84. The molecule has 0 fully saturated rings. The zero-order chi connectivity index (χ0) is 26.4. The van der Waals surface area contributed by atoms with Crippen molar-refractivity contribution in [2.75, 3.05) is 0 Å². The summed E-state index contributed by atoms with van der Waals surface area (Å²) in [5.41, 5.74) is 9.30. The zero-order valence-electron chi connectivity index (χ0n) is 21.9. The normalized spacial score (nSPS) is 12.1. The van der Waals surface area contributed by atoms with Crippen molar-refractivity contribution < 1.29 is 0 Å². The number of nitrogens with zero attached hydrogens (tertiary/aromatic N) is 4. The first-order valence-corrected chi connectivity index (χ1v) is 13.6. The lowest BCUT2D eigenvalue weighted by Gasteiger charge is -2.11. The fraction of sp³-hybridized carbons (Fsp3) is 0.0278. The van der Waals surface area contributed by atoms with Crippen LogP contribution in [0.15, 0.2) is 128 Å². The molecule has 6 aromatic carbocycles. The Labute approximate surface area is 229 Å². The van der Waals surface area contributed by atoms with E-state index in [-0.39, 0.29) is 0 Å². The van der Waals surface area contributed by atoms with Crippen LogP contribution in [0.5, 0.6) is 0 Å². The maximum absolute atomic E-state index is 4.64. The molecule has 3 aromatic heterocycles. The van der Waals surface area contributed by atoms with Gasteiger partial charge in [0, 0.05) is 34.3 Å². The molecule has 0 unspecified atom stereocenters. The van der Waals surface area contributed by atoms with Crippen molar-refractivity contribution in [1.82, 2.24) is 18.7 Å². The predicted molar refractivity (Wildman–Crippen MR) is 167 cm³/mol. The smallest absolute Gasteiger partial charge is 0.0956 e. The highest BCUT2D eigenvalue weighted by Gasteiger charge is 2.19. The Morgan fingerprint density at radius 1 is 0.525 bits per heavy atom. The van der Waals surface area contributed by atoms with E-state index in [0.717, 1.165) is 16.7 Å². The lowest BCUT2D eigenvalue weighted by molar-refractivity contribution is 0.941. The van der Waals surface area contributed by atoms with Crippen molar-refractivity contribution >= 4 is 65.4 Å². The van der Waals surface area contributed by atoms with Crippen LogP contribution in [0, 0.1) is 0 Å². The van der Waals surface area contributed by atoms with Crippen molar-refractivity contribution in [3.8, 4) is 11.4 Å². The van der Waals surface area contributed by atoms with Gasteiger partial charge in [-0.3, -0.25) is 0 Å². The van der Waals surface area contributed by atoms with E-state index < -0.39 is 0 Å². The second-order valence-electron chi connectivity index (χ2n) is 10.6. The summed E-state index contributed by atoms with van der Waals surface area (Å²) in [4.78, 5) is 4.64. The fourth-order valence-corrected chi connectivity index (χ4v) is 6.74. The number of para-hydroxylation sites is 4. The van der Waals surface area contributed by atoms with Crippen molar-refractivity contribution in [1.29, 1.82) is 0 Å². The van der Waals surface area contributed by atoms with Gasteiger partial charge in [-0.25, -0.2) is 4.98 Å². The minimum Gasteiger partial charge on any atom is -0.332 e. The van der Waals surface area contributed by atoms with E-state index in [1.54, 1.807) is 0 Å². The van der Waals surface area contributed by atoms with Crippen molar-refractivity contribution in [2.24, 2.45) is 7.05 Å². The van der Waals surface area contributed by atoms with Crippen LogP contribution in [0.1, 0.15) is 0 Å². The molecule has 4 heteroatoms. The molecule has 0 saturated carbocycles. The van der Waals surface area contributed by atoms with Crippen molar-refractivity contribution in [3.05, 3.63) is 128 Å². The van der Waals surface area contributed by atoms with Crippen LogP contribution in [-0.2, 0) is 7.05 Å². The summed E-state index contributed by atoms with van der Waals surface area (Å²) in [7, 11) is 2.07. The van der Waals surface area contributed by atoms with Crippen LogP contribution in [-0.4, -0.2) is 18.7 Å². The van der Waals surface area contributed by atoms with Gasteiger partial charge in [0.1, 0.15) is 0 Å². The first kappa shape index (κ1) is 21.6. The van der Waals surface area contributed by atoms with Gasteiger partial charge in [0.15, 0.2) is 0 Å². The summed E-state index contributed by atoms with van der Waals surface area (Å²) in [6.07, 6.45) is 1.90. The second-order valence-corrected chi connectivity index (χ2v) is 10.6. The standard InChI is InChI=1S/C36H24N4/c1-38-22-37-29-14-9-17-33(36(29)38)40-31-16-8-6-13-26(31)35-27-21-28-25-12-5-7-15-30(25)39(24-10-3-2-4-11-24)34(28)20-23(27)18-19-32(35)40/h2-22H,1H3. The molecule has 0 aliphatic heterocycles. The third-order valence-electron chi connectivity index (χ3n) is 8.42. The summed E-state index contributed by atoms with van der Waals surface area (Å²) in [6, 6.07) is 43.9. The molecule has 188 valence electrons. The molecule has 4 nitrogen and oxygen atoms in total. The Balaban J connectivity index is 1.46. The number of benzene rings is 6. The quantitative estimate of drug-likeness (QED) is 0.227. The van der Waals surface area contributed by atoms with Crippen LogP contribution in [0.3, 0.4) is 0 Å². The van der Waals surface area contributed by atoms with E-state index in [2.05, 4.69) is 147 Å². The molecule has 0 radical (unpaired) electrons. The molecule has 9 rings (SSSR count). The third-order valence-corrected chi connectivity index (χ3v) is 8.42. The molecule has 0 amide bonds. The molecule has 0 saturated heterocycles. The molecule has 0 aliphatic carbocycles. The molecule has 9 aromatic rings. The average Bonchev–Trinajstić information content (AvgIpc) is 3.66. The Morgan fingerprint density at radius 3 is 2.12 bits per heavy atom. The van der Waals surface area contributed by atoms with E-state index >= 15 is 0 Å². The Bertz CT molecular complexity index is 2440. The maximum atomic E-state index is 4.64. The minimum absolute atomic E-state index is 1.00. The highest BCUT2D eigenvalue weighted by molar-refractivity contribution is 6.25. The number of hydrogen-bond donors (Lipinski definition) is 0. The lowest BCUT2D eigenvalue weighted by atomic mass is 10.0. The maximum Gasteiger partial charge on any atom is 0.0956 e. The molecule has 0 N–H and O–H groups in total. The van der Waals surface area contributed by atoms with Crippen molar-refractivity contribution in [3.63, 3.8) is 0 Å².